The first-order chi connectivity index (χ1) is 13.2. The van der Waals surface area contributed by atoms with Crippen LogP contribution in [0.4, 0.5) is 0 Å². The van der Waals surface area contributed by atoms with Crippen LogP contribution in [0.25, 0.3) is 0 Å². The van der Waals surface area contributed by atoms with Gasteiger partial charge in [-0.25, -0.2) is 0 Å². The average Bonchev–Trinajstić information content (AvgIpc) is 2.63. The Hall–Kier alpha value is -2.33. The normalized spacial score (nSPS) is 13.1. The van der Waals surface area contributed by atoms with Gasteiger partial charge in [0.15, 0.2) is 6.61 Å². The molecule has 0 unspecified atom stereocenters. The first-order valence-electron chi connectivity index (χ1n) is 9.47. The van der Waals surface area contributed by atoms with Crippen molar-refractivity contribution < 1.29 is 14.3 Å². The molecule has 0 fully saturated rings. The molecule has 28 heavy (non-hydrogen) atoms. The number of benzene rings is 2. The molecular formula is C23H28ClNO3. The van der Waals surface area contributed by atoms with Gasteiger partial charge in [0.25, 0.3) is 5.91 Å². The second kappa shape index (κ2) is 9.74. The van der Waals surface area contributed by atoms with Crippen molar-refractivity contribution in [3.63, 3.8) is 0 Å². The standard InChI is InChI=1S/C23H28ClNO3/c1-14(2)22(18-8-10-20(24)11-9-18)23(27)28-13-21(26)25-17(5)19-7-6-15(3)16(4)12-19/h6-12,14,17,22H,13H2,1-5H3,(H,25,26)/t17-,22-/m0/s1. The fraction of sp³-hybridized carbons (Fsp3) is 0.391. The summed E-state index contributed by atoms with van der Waals surface area (Å²) in [5, 5.41) is 3.49. The number of aryl methyl sites for hydroxylation is 2. The molecule has 2 aromatic carbocycles. The van der Waals surface area contributed by atoms with Crippen molar-refractivity contribution in [3.8, 4) is 0 Å². The third-order valence-electron chi connectivity index (χ3n) is 4.90. The molecule has 0 aromatic heterocycles. The number of hydrogen-bond acceptors (Lipinski definition) is 3. The maximum Gasteiger partial charge on any atom is 0.314 e. The minimum absolute atomic E-state index is 0.0335. The minimum Gasteiger partial charge on any atom is -0.455 e. The highest BCUT2D eigenvalue weighted by molar-refractivity contribution is 6.30. The van der Waals surface area contributed by atoms with Gasteiger partial charge in [-0.1, -0.05) is 55.8 Å². The molecule has 0 aliphatic carbocycles. The van der Waals surface area contributed by atoms with Gasteiger partial charge in [0.1, 0.15) is 0 Å². The Kier molecular flexibility index (Phi) is 7.64. The third kappa shape index (κ3) is 5.83. The monoisotopic (exact) mass is 401 g/mol. The van der Waals surface area contributed by atoms with Crippen LogP contribution >= 0.6 is 11.6 Å². The fourth-order valence-corrected chi connectivity index (χ4v) is 3.22. The predicted molar refractivity (Wildman–Crippen MR) is 112 cm³/mol. The first kappa shape index (κ1) is 22.0. The molecule has 0 saturated heterocycles. The van der Waals surface area contributed by atoms with Crippen LogP contribution in [0, 0.1) is 19.8 Å². The number of halogens is 1. The summed E-state index contributed by atoms with van der Waals surface area (Å²) < 4.78 is 5.31. The Morgan fingerprint density at radius 1 is 0.964 bits per heavy atom. The van der Waals surface area contributed by atoms with Crippen LogP contribution in [-0.2, 0) is 14.3 Å². The van der Waals surface area contributed by atoms with Crippen LogP contribution in [0.5, 0.6) is 0 Å². The van der Waals surface area contributed by atoms with Gasteiger partial charge in [-0.3, -0.25) is 9.59 Å². The molecule has 1 amide bonds. The number of nitrogens with one attached hydrogen (secondary N) is 1. The van der Waals surface area contributed by atoms with Crippen molar-refractivity contribution in [1.82, 2.24) is 5.32 Å². The van der Waals surface area contributed by atoms with Crippen LogP contribution in [0.15, 0.2) is 42.5 Å². The summed E-state index contributed by atoms with van der Waals surface area (Å²) in [5.41, 5.74) is 4.23. The highest BCUT2D eigenvalue weighted by Gasteiger charge is 2.26. The molecule has 5 heteroatoms. The summed E-state index contributed by atoms with van der Waals surface area (Å²) in [4.78, 5) is 24.8. The summed E-state index contributed by atoms with van der Waals surface area (Å²) in [6.07, 6.45) is 0. The van der Waals surface area contributed by atoms with Crippen LogP contribution in [0.3, 0.4) is 0 Å². The van der Waals surface area contributed by atoms with Crippen LogP contribution in [0.2, 0.25) is 5.02 Å². The summed E-state index contributed by atoms with van der Waals surface area (Å²) in [5.74, 6) is -1.14. The molecular weight excluding hydrogens is 374 g/mol. The van der Waals surface area contributed by atoms with Crippen molar-refractivity contribution in [1.29, 1.82) is 0 Å². The van der Waals surface area contributed by atoms with Crippen molar-refractivity contribution >= 4 is 23.5 Å². The van der Waals surface area contributed by atoms with Crippen molar-refractivity contribution in [2.75, 3.05) is 6.61 Å². The largest absolute Gasteiger partial charge is 0.455 e. The molecule has 2 aromatic rings. The lowest BCUT2D eigenvalue weighted by Gasteiger charge is -2.20. The maximum atomic E-state index is 12.6. The van der Waals surface area contributed by atoms with E-state index in [1.54, 1.807) is 12.1 Å². The van der Waals surface area contributed by atoms with E-state index in [-0.39, 0.29) is 24.5 Å². The molecule has 150 valence electrons. The van der Waals surface area contributed by atoms with Gasteiger partial charge in [-0.05, 0) is 61.1 Å². The molecule has 0 saturated carbocycles. The molecule has 1 N–H and O–H groups in total. The number of esters is 1. The van der Waals surface area contributed by atoms with Crippen LogP contribution < -0.4 is 5.32 Å². The number of carbonyl (C=O) groups is 2. The second-order valence-electron chi connectivity index (χ2n) is 7.51. The fourth-order valence-electron chi connectivity index (χ4n) is 3.09. The molecule has 0 aliphatic rings. The molecule has 0 bridgehead atoms. The molecule has 0 radical (unpaired) electrons. The van der Waals surface area contributed by atoms with E-state index < -0.39 is 11.9 Å². The SMILES string of the molecule is Cc1ccc([C@H](C)NC(=O)COC(=O)[C@H](c2ccc(Cl)cc2)C(C)C)cc1C. The number of carbonyl (C=O) groups excluding carboxylic acids is 2. The molecule has 0 heterocycles. The van der Waals surface area contributed by atoms with E-state index >= 15 is 0 Å². The Balaban J connectivity index is 1.95. The lowest BCUT2D eigenvalue weighted by molar-refractivity contribution is -0.151. The van der Waals surface area contributed by atoms with E-state index in [1.165, 1.54) is 11.1 Å². The molecule has 2 atom stereocenters. The average molecular weight is 402 g/mol. The third-order valence-corrected chi connectivity index (χ3v) is 5.16. The van der Waals surface area contributed by atoms with Crippen LogP contribution in [0.1, 0.15) is 55.0 Å². The van der Waals surface area contributed by atoms with Crippen LogP contribution in [-0.4, -0.2) is 18.5 Å². The summed E-state index contributed by atoms with van der Waals surface area (Å²) in [6, 6.07) is 13.0. The molecule has 4 nitrogen and oxygen atoms in total. The second-order valence-corrected chi connectivity index (χ2v) is 7.95. The van der Waals surface area contributed by atoms with Crippen molar-refractivity contribution in [3.05, 3.63) is 69.7 Å². The van der Waals surface area contributed by atoms with E-state index in [0.29, 0.717) is 5.02 Å². The quantitative estimate of drug-likeness (QED) is 0.655. The van der Waals surface area contributed by atoms with Gasteiger partial charge in [0, 0.05) is 5.02 Å². The topological polar surface area (TPSA) is 55.4 Å². The number of rotatable bonds is 7. The summed E-state index contributed by atoms with van der Waals surface area (Å²) in [7, 11) is 0. The van der Waals surface area contributed by atoms with E-state index in [1.807, 2.05) is 58.9 Å². The lowest BCUT2D eigenvalue weighted by atomic mass is 9.88. The van der Waals surface area contributed by atoms with Crippen molar-refractivity contribution in [2.24, 2.45) is 5.92 Å². The molecule has 2 rings (SSSR count). The number of ether oxygens (including phenoxy) is 1. The van der Waals surface area contributed by atoms with Gasteiger partial charge in [0.05, 0.1) is 12.0 Å². The van der Waals surface area contributed by atoms with Gasteiger partial charge in [-0.15, -0.1) is 0 Å². The zero-order valence-electron chi connectivity index (χ0n) is 17.1. The number of hydrogen-bond donors (Lipinski definition) is 1. The highest BCUT2D eigenvalue weighted by atomic mass is 35.5. The lowest BCUT2D eigenvalue weighted by Crippen LogP contribution is -2.32. The van der Waals surface area contributed by atoms with E-state index in [2.05, 4.69) is 11.4 Å². The zero-order chi connectivity index (χ0) is 20.8. The smallest absolute Gasteiger partial charge is 0.314 e. The Morgan fingerprint density at radius 3 is 2.14 bits per heavy atom. The van der Waals surface area contributed by atoms with Gasteiger partial charge < -0.3 is 10.1 Å². The Labute approximate surface area is 172 Å². The Bertz CT molecular complexity index is 830. The van der Waals surface area contributed by atoms with Crippen molar-refractivity contribution in [2.45, 2.75) is 46.6 Å². The number of amides is 1. The molecule has 0 spiro atoms. The Morgan fingerprint density at radius 2 is 1.57 bits per heavy atom. The molecule has 0 aliphatic heterocycles. The highest BCUT2D eigenvalue weighted by Crippen LogP contribution is 2.27. The first-order valence-corrected chi connectivity index (χ1v) is 9.85. The van der Waals surface area contributed by atoms with Gasteiger partial charge >= 0.3 is 5.97 Å². The van der Waals surface area contributed by atoms with E-state index in [9.17, 15) is 9.59 Å². The van der Waals surface area contributed by atoms with E-state index in [0.717, 1.165) is 11.1 Å². The summed E-state index contributed by atoms with van der Waals surface area (Å²) in [6.45, 7) is 9.59. The van der Waals surface area contributed by atoms with E-state index in [4.69, 9.17) is 16.3 Å². The maximum absolute atomic E-state index is 12.6. The zero-order valence-corrected chi connectivity index (χ0v) is 17.8. The predicted octanol–water partition coefficient (Wildman–Crippen LogP) is 5.12. The minimum atomic E-state index is -0.442. The summed E-state index contributed by atoms with van der Waals surface area (Å²) >= 11 is 5.93. The van der Waals surface area contributed by atoms with Gasteiger partial charge in [-0.2, -0.15) is 0 Å². The van der Waals surface area contributed by atoms with Gasteiger partial charge in [0.2, 0.25) is 0 Å².